The van der Waals surface area contributed by atoms with E-state index in [-0.39, 0.29) is 5.37 Å². The van der Waals surface area contributed by atoms with Gasteiger partial charge in [-0.2, -0.15) is 0 Å². The molecule has 0 spiro atoms. The zero-order valence-corrected chi connectivity index (χ0v) is 13.5. The van der Waals surface area contributed by atoms with Gasteiger partial charge in [0.1, 0.15) is 10.4 Å². The molecule has 0 aliphatic carbocycles. The van der Waals surface area contributed by atoms with Crippen LogP contribution in [0.15, 0.2) is 70.5 Å². The summed E-state index contributed by atoms with van der Waals surface area (Å²) in [6.07, 6.45) is 3.72. The Labute approximate surface area is 141 Å². The van der Waals surface area contributed by atoms with Crippen LogP contribution in [-0.2, 0) is 0 Å². The highest BCUT2D eigenvalue weighted by molar-refractivity contribution is 8.07. The van der Waals surface area contributed by atoms with E-state index in [2.05, 4.69) is 48.5 Å². The standard InChI is InChI=1S/C16H11N5S2/c1-2-5-11(6-3-1)14-18-19-16-21(14)20-13(23-16)10-22-15(20)12-7-4-8-17-9-12/h1-10,15H. The van der Waals surface area contributed by atoms with Crippen LogP contribution < -0.4 is 5.01 Å². The highest BCUT2D eigenvalue weighted by Crippen LogP contribution is 2.51. The predicted molar refractivity (Wildman–Crippen MR) is 92.2 cm³/mol. The molecule has 0 bridgehead atoms. The van der Waals surface area contributed by atoms with Crippen LogP contribution in [0.25, 0.3) is 11.4 Å². The molecule has 0 radical (unpaired) electrons. The van der Waals surface area contributed by atoms with E-state index in [0.717, 1.165) is 16.5 Å². The third-order valence-corrected chi connectivity index (χ3v) is 5.96. The molecule has 1 unspecified atom stereocenters. The number of thioether (sulfide) groups is 2. The quantitative estimate of drug-likeness (QED) is 0.712. The van der Waals surface area contributed by atoms with Crippen LogP contribution in [0.2, 0.25) is 0 Å². The number of fused-ring (bicyclic) bond motifs is 3. The first-order chi connectivity index (χ1) is 11.4. The maximum absolute atomic E-state index is 4.39. The maximum Gasteiger partial charge on any atom is 0.217 e. The van der Waals surface area contributed by atoms with Crippen LogP contribution in [0.3, 0.4) is 0 Å². The molecule has 0 N–H and O–H groups in total. The maximum atomic E-state index is 4.39. The summed E-state index contributed by atoms with van der Waals surface area (Å²) in [6.45, 7) is 0. The molecule has 5 nitrogen and oxygen atoms in total. The Morgan fingerprint density at radius 2 is 1.91 bits per heavy atom. The van der Waals surface area contributed by atoms with Gasteiger partial charge in [0.15, 0.2) is 5.82 Å². The van der Waals surface area contributed by atoms with Gasteiger partial charge in [-0.25, -0.2) is 4.68 Å². The smallest absolute Gasteiger partial charge is 0.217 e. The van der Waals surface area contributed by atoms with Crippen molar-refractivity contribution in [3.05, 3.63) is 70.9 Å². The predicted octanol–water partition coefficient (Wildman–Crippen LogP) is 3.63. The number of rotatable bonds is 2. The lowest BCUT2D eigenvalue weighted by Crippen LogP contribution is -2.29. The number of pyridine rings is 1. The van der Waals surface area contributed by atoms with Gasteiger partial charge in [0.2, 0.25) is 5.16 Å². The summed E-state index contributed by atoms with van der Waals surface area (Å²) in [6, 6.07) is 14.3. The molecule has 3 aromatic rings. The minimum Gasteiger partial charge on any atom is -0.264 e. The Bertz CT molecular complexity index is 891. The molecule has 23 heavy (non-hydrogen) atoms. The van der Waals surface area contributed by atoms with Gasteiger partial charge in [0.25, 0.3) is 0 Å². The third kappa shape index (κ3) is 2.00. The zero-order chi connectivity index (χ0) is 15.2. The van der Waals surface area contributed by atoms with Gasteiger partial charge in [-0.15, -0.1) is 10.2 Å². The average molecular weight is 337 g/mol. The van der Waals surface area contributed by atoms with Gasteiger partial charge in [-0.05, 0) is 17.8 Å². The molecule has 0 amide bonds. The fourth-order valence-corrected chi connectivity index (χ4v) is 4.96. The zero-order valence-electron chi connectivity index (χ0n) is 11.9. The Morgan fingerprint density at radius 1 is 1.00 bits per heavy atom. The summed E-state index contributed by atoms with van der Waals surface area (Å²) >= 11 is 3.44. The molecule has 0 saturated carbocycles. The molecule has 2 aliphatic rings. The van der Waals surface area contributed by atoms with Crippen LogP contribution in [0, 0.1) is 0 Å². The molecule has 0 fully saturated rings. The number of hydrogen-bond donors (Lipinski definition) is 0. The van der Waals surface area contributed by atoms with Gasteiger partial charge < -0.3 is 0 Å². The van der Waals surface area contributed by atoms with Crippen molar-refractivity contribution >= 4 is 23.5 Å². The Kier molecular flexibility index (Phi) is 2.95. The Morgan fingerprint density at radius 3 is 2.74 bits per heavy atom. The molecule has 1 atom stereocenters. The van der Waals surface area contributed by atoms with E-state index in [1.165, 1.54) is 10.6 Å². The van der Waals surface area contributed by atoms with Crippen molar-refractivity contribution in [1.29, 1.82) is 0 Å². The van der Waals surface area contributed by atoms with Gasteiger partial charge in [0, 0.05) is 28.9 Å². The topological polar surface area (TPSA) is 46.8 Å². The van der Waals surface area contributed by atoms with Crippen molar-refractivity contribution in [2.75, 3.05) is 5.01 Å². The first kappa shape index (κ1) is 13.2. The van der Waals surface area contributed by atoms with Gasteiger partial charge in [-0.1, -0.05) is 48.2 Å². The summed E-state index contributed by atoms with van der Waals surface area (Å²) in [5.74, 6) is 0.868. The molecule has 1 aromatic carbocycles. The monoisotopic (exact) mass is 337 g/mol. The van der Waals surface area contributed by atoms with Crippen molar-refractivity contribution < 1.29 is 0 Å². The van der Waals surface area contributed by atoms with E-state index in [1.54, 1.807) is 29.7 Å². The molecule has 2 aromatic heterocycles. The van der Waals surface area contributed by atoms with E-state index in [0.29, 0.717) is 0 Å². The van der Waals surface area contributed by atoms with Crippen LogP contribution in [-0.4, -0.2) is 19.9 Å². The molecular formula is C16H11N5S2. The number of hydrogen-bond acceptors (Lipinski definition) is 6. The molecule has 112 valence electrons. The Hall–Kier alpha value is -2.25. The van der Waals surface area contributed by atoms with E-state index in [1.807, 2.05) is 30.5 Å². The molecule has 4 heterocycles. The normalized spacial score (nSPS) is 18.7. The SMILES string of the molecule is C1=C2Sc3nnc(-c4ccccc4)n3N2C(c2cccnc2)S1. The molecule has 2 aliphatic heterocycles. The van der Waals surface area contributed by atoms with Gasteiger partial charge in [0.05, 0.1) is 0 Å². The van der Waals surface area contributed by atoms with Crippen LogP contribution in [0.4, 0.5) is 0 Å². The molecule has 0 saturated heterocycles. The number of aromatic nitrogens is 4. The first-order valence-electron chi connectivity index (χ1n) is 7.15. The van der Waals surface area contributed by atoms with E-state index < -0.39 is 0 Å². The second-order valence-electron chi connectivity index (χ2n) is 5.16. The summed E-state index contributed by atoms with van der Waals surface area (Å²) in [4.78, 5) is 4.26. The summed E-state index contributed by atoms with van der Waals surface area (Å²) in [5, 5.41) is 15.4. The fraction of sp³-hybridized carbons (Fsp3) is 0.0625. The second-order valence-corrected chi connectivity index (χ2v) is 7.10. The highest BCUT2D eigenvalue weighted by atomic mass is 32.2. The van der Waals surface area contributed by atoms with Crippen molar-refractivity contribution in [1.82, 2.24) is 19.9 Å². The van der Waals surface area contributed by atoms with Crippen LogP contribution in [0.1, 0.15) is 10.9 Å². The van der Waals surface area contributed by atoms with E-state index in [4.69, 9.17) is 0 Å². The lowest BCUT2D eigenvalue weighted by atomic mass is 10.2. The fourth-order valence-electron chi connectivity index (χ4n) is 2.75. The second kappa shape index (κ2) is 5.14. The van der Waals surface area contributed by atoms with Crippen molar-refractivity contribution in [3.63, 3.8) is 0 Å². The minimum atomic E-state index is 0.158. The number of benzene rings is 1. The molecular weight excluding hydrogens is 326 g/mol. The number of nitrogens with zero attached hydrogens (tertiary/aromatic N) is 5. The lowest BCUT2D eigenvalue weighted by Gasteiger charge is -2.25. The molecule has 7 heteroatoms. The summed E-state index contributed by atoms with van der Waals surface area (Å²) in [7, 11) is 0. The van der Waals surface area contributed by atoms with E-state index in [9.17, 15) is 0 Å². The Balaban J connectivity index is 1.63. The first-order valence-corrected chi connectivity index (χ1v) is 8.91. The van der Waals surface area contributed by atoms with Crippen LogP contribution in [0.5, 0.6) is 0 Å². The molecule has 5 rings (SSSR count). The van der Waals surface area contributed by atoms with Crippen molar-refractivity contribution in [2.45, 2.75) is 10.5 Å². The van der Waals surface area contributed by atoms with Crippen molar-refractivity contribution in [3.8, 4) is 11.4 Å². The van der Waals surface area contributed by atoms with Crippen LogP contribution >= 0.6 is 23.5 Å². The van der Waals surface area contributed by atoms with Crippen molar-refractivity contribution in [2.24, 2.45) is 0 Å². The van der Waals surface area contributed by atoms with Gasteiger partial charge in [-0.3, -0.25) is 9.99 Å². The lowest BCUT2D eigenvalue weighted by molar-refractivity contribution is 0.638. The third-order valence-electron chi connectivity index (χ3n) is 3.77. The largest absolute Gasteiger partial charge is 0.264 e. The summed E-state index contributed by atoms with van der Waals surface area (Å²) < 4.78 is 2.11. The minimum absolute atomic E-state index is 0.158. The average Bonchev–Trinajstić information content (AvgIpc) is 3.27. The summed E-state index contributed by atoms with van der Waals surface area (Å²) in [5.41, 5.74) is 2.24. The van der Waals surface area contributed by atoms with E-state index >= 15 is 0 Å². The highest BCUT2D eigenvalue weighted by Gasteiger charge is 2.39. The van der Waals surface area contributed by atoms with Gasteiger partial charge >= 0.3 is 0 Å².